The van der Waals surface area contributed by atoms with Gasteiger partial charge in [0.1, 0.15) is 11.6 Å². The molecule has 0 saturated heterocycles. The van der Waals surface area contributed by atoms with Gasteiger partial charge >= 0.3 is 0 Å². The molecule has 0 radical (unpaired) electrons. The zero-order valence-electron chi connectivity index (χ0n) is 19.6. The summed E-state index contributed by atoms with van der Waals surface area (Å²) in [7, 11) is 0. The number of hydrogen-bond donors (Lipinski definition) is 2. The minimum atomic E-state index is -0.289. The molecule has 2 unspecified atom stereocenters. The Morgan fingerprint density at radius 3 is 2.31 bits per heavy atom. The van der Waals surface area contributed by atoms with Gasteiger partial charge in [-0.25, -0.2) is 0 Å². The van der Waals surface area contributed by atoms with Crippen molar-refractivity contribution in [1.82, 2.24) is 10.6 Å². The Morgan fingerprint density at radius 2 is 1.69 bits per heavy atom. The Kier molecular flexibility index (Phi) is 5.78. The highest BCUT2D eigenvalue weighted by atomic mass is 16.1. The van der Waals surface area contributed by atoms with E-state index in [4.69, 9.17) is 0 Å². The lowest BCUT2D eigenvalue weighted by molar-refractivity contribution is -0.117. The van der Waals surface area contributed by atoms with Crippen molar-refractivity contribution < 1.29 is 4.79 Å². The van der Waals surface area contributed by atoms with Gasteiger partial charge in [-0.1, -0.05) is 18.2 Å². The molecule has 5 aliphatic carbocycles. The van der Waals surface area contributed by atoms with Gasteiger partial charge in [-0.05, 0) is 118 Å². The van der Waals surface area contributed by atoms with Crippen LogP contribution >= 0.6 is 0 Å². The van der Waals surface area contributed by atoms with E-state index in [1.165, 1.54) is 62.5 Å². The van der Waals surface area contributed by atoms with Crippen molar-refractivity contribution in [2.75, 3.05) is 0 Å². The lowest BCUT2D eigenvalue weighted by atomic mass is 9.48. The molecule has 2 N–H and O–H groups in total. The van der Waals surface area contributed by atoms with E-state index in [1.54, 1.807) is 6.20 Å². The quantitative estimate of drug-likeness (QED) is 0.472. The summed E-state index contributed by atoms with van der Waals surface area (Å²) >= 11 is 0. The van der Waals surface area contributed by atoms with E-state index < -0.39 is 0 Å². The topological polar surface area (TPSA) is 64.9 Å². The first-order chi connectivity index (χ1) is 15.5. The lowest BCUT2D eigenvalue weighted by Gasteiger charge is -2.59. The minimum Gasteiger partial charge on any atom is -0.387 e. The molecule has 0 aliphatic heterocycles. The summed E-state index contributed by atoms with van der Waals surface area (Å²) in [6.07, 6.45) is 14.7. The molecule has 4 bridgehead atoms. The second-order valence-electron chi connectivity index (χ2n) is 11.3. The minimum absolute atomic E-state index is 0.118. The van der Waals surface area contributed by atoms with Crippen LogP contribution in [0.5, 0.6) is 0 Å². The number of amides is 1. The maximum Gasteiger partial charge on any atom is 0.263 e. The standard InChI is InChI=1S/C28H37N3O/c1-18(24-8-7-23-5-3-4-6-25(23)12-24)31-27(32)26(16-29)17-30-19(2)28-13-20-9-21(14-28)11-22(10-20)15-28/h7-8,12,17-22,30H,3-6,9-11,13-15H2,1-2H3,(H,31,32)/b26-17-. The van der Waals surface area contributed by atoms with Crippen molar-refractivity contribution in [3.8, 4) is 6.07 Å². The SMILES string of the molecule is CC(NC(=O)/C(C#N)=C\NC(C)C12CC3CC(CC(C3)C1)C2)c1ccc2c(c1)CCCC2. The van der Waals surface area contributed by atoms with Crippen LogP contribution < -0.4 is 10.6 Å². The number of nitriles is 1. The van der Waals surface area contributed by atoms with Crippen LogP contribution in [0.2, 0.25) is 0 Å². The van der Waals surface area contributed by atoms with Gasteiger partial charge < -0.3 is 10.6 Å². The summed E-state index contributed by atoms with van der Waals surface area (Å²) in [5.41, 5.74) is 4.49. The third kappa shape index (κ3) is 4.07. The number of benzene rings is 1. The molecule has 2 atom stereocenters. The Labute approximate surface area is 192 Å². The summed E-state index contributed by atoms with van der Waals surface area (Å²) in [6, 6.07) is 8.87. The van der Waals surface area contributed by atoms with Crippen molar-refractivity contribution in [1.29, 1.82) is 5.26 Å². The second kappa shape index (κ2) is 8.58. The van der Waals surface area contributed by atoms with E-state index in [9.17, 15) is 10.1 Å². The van der Waals surface area contributed by atoms with Gasteiger partial charge in [0.05, 0.1) is 6.04 Å². The van der Waals surface area contributed by atoms with Crippen LogP contribution in [0.1, 0.15) is 87.9 Å². The van der Waals surface area contributed by atoms with Crippen LogP contribution in [0.3, 0.4) is 0 Å². The van der Waals surface area contributed by atoms with Gasteiger partial charge in [-0.15, -0.1) is 0 Å². The number of nitrogens with one attached hydrogen (secondary N) is 2. The summed E-state index contributed by atoms with van der Waals surface area (Å²) in [5.74, 6) is 2.39. The van der Waals surface area contributed by atoms with Gasteiger partial charge in [-0.2, -0.15) is 5.26 Å². The molecular formula is C28H37N3O. The van der Waals surface area contributed by atoms with E-state index in [-0.39, 0.29) is 17.5 Å². The summed E-state index contributed by atoms with van der Waals surface area (Å²) < 4.78 is 0. The van der Waals surface area contributed by atoms with Crippen LogP contribution in [0.25, 0.3) is 0 Å². The van der Waals surface area contributed by atoms with Gasteiger partial charge in [0.2, 0.25) is 0 Å². The summed E-state index contributed by atoms with van der Waals surface area (Å²) in [5, 5.41) is 16.2. The predicted octanol–water partition coefficient (Wildman–Crippen LogP) is 5.34. The maximum atomic E-state index is 12.9. The second-order valence-corrected chi connectivity index (χ2v) is 11.3. The molecular weight excluding hydrogens is 394 g/mol. The Morgan fingerprint density at radius 1 is 1.06 bits per heavy atom. The van der Waals surface area contributed by atoms with Crippen LogP contribution in [-0.4, -0.2) is 11.9 Å². The molecule has 4 heteroatoms. The molecule has 0 heterocycles. The molecule has 5 aliphatic rings. The van der Waals surface area contributed by atoms with E-state index in [1.807, 2.05) is 6.92 Å². The highest BCUT2D eigenvalue weighted by Gasteiger charge is 2.53. The summed E-state index contributed by atoms with van der Waals surface area (Å²) in [6.45, 7) is 4.26. The average Bonchev–Trinajstić information content (AvgIpc) is 2.78. The molecule has 0 spiro atoms. The fourth-order valence-electron chi connectivity index (χ4n) is 7.62. The highest BCUT2D eigenvalue weighted by molar-refractivity contribution is 5.97. The molecule has 4 nitrogen and oxygen atoms in total. The van der Waals surface area contributed by atoms with Crippen LogP contribution in [0.15, 0.2) is 30.0 Å². The number of nitrogens with zero attached hydrogens (tertiary/aromatic N) is 1. The van der Waals surface area contributed by atoms with Gasteiger partial charge in [-0.3, -0.25) is 4.79 Å². The normalized spacial score (nSPS) is 32.5. The fraction of sp³-hybridized carbons (Fsp3) is 0.643. The zero-order valence-corrected chi connectivity index (χ0v) is 19.6. The van der Waals surface area contributed by atoms with Gasteiger partial charge in [0.15, 0.2) is 0 Å². The smallest absolute Gasteiger partial charge is 0.263 e. The van der Waals surface area contributed by atoms with Crippen LogP contribution in [0.4, 0.5) is 0 Å². The molecule has 1 amide bonds. The van der Waals surface area contributed by atoms with E-state index >= 15 is 0 Å². The van der Waals surface area contributed by atoms with Crippen LogP contribution in [-0.2, 0) is 17.6 Å². The van der Waals surface area contributed by atoms with Crippen molar-refractivity contribution in [3.05, 3.63) is 46.7 Å². The van der Waals surface area contributed by atoms with Crippen molar-refractivity contribution in [3.63, 3.8) is 0 Å². The van der Waals surface area contributed by atoms with Gasteiger partial charge in [0.25, 0.3) is 5.91 Å². The first-order valence-corrected chi connectivity index (χ1v) is 12.7. The predicted molar refractivity (Wildman–Crippen MR) is 127 cm³/mol. The Balaban J connectivity index is 1.22. The first kappa shape index (κ1) is 21.6. The monoisotopic (exact) mass is 431 g/mol. The molecule has 170 valence electrons. The zero-order chi connectivity index (χ0) is 22.3. The molecule has 0 aromatic heterocycles. The van der Waals surface area contributed by atoms with E-state index in [2.05, 4.69) is 41.8 Å². The van der Waals surface area contributed by atoms with Crippen molar-refractivity contribution in [2.45, 2.75) is 90.1 Å². The fourth-order valence-corrected chi connectivity index (χ4v) is 7.62. The van der Waals surface area contributed by atoms with E-state index in [0.717, 1.165) is 36.2 Å². The van der Waals surface area contributed by atoms with Crippen LogP contribution in [0, 0.1) is 34.5 Å². The number of hydrogen-bond acceptors (Lipinski definition) is 3. The van der Waals surface area contributed by atoms with E-state index in [0.29, 0.717) is 11.5 Å². The molecule has 4 saturated carbocycles. The number of fused-ring (bicyclic) bond motifs is 1. The number of carbonyl (C=O) groups is 1. The summed E-state index contributed by atoms with van der Waals surface area (Å²) in [4.78, 5) is 12.9. The molecule has 4 fully saturated rings. The third-order valence-corrected chi connectivity index (χ3v) is 9.07. The number of rotatable bonds is 6. The first-order valence-electron chi connectivity index (χ1n) is 12.7. The molecule has 1 aromatic carbocycles. The molecule has 6 rings (SSSR count). The largest absolute Gasteiger partial charge is 0.387 e. The average molecular weight is 432 g/mol. The van der Waals surface area contributed by atoms with Gasteiger partial charge in [0, 0.05) is 12.2 Å². The maximum absolute atomic E-state index is 12.9. The number of carbonyl (C=O) groups excluding carboxylic acids is 1. The van der Waals surface area contributed by atoms with Crippen molar-refractivity contribution in [2.24, 2.45) is 23.2 Å². The lowest BCUT2D eigenvalue weighted by Crippen LogP contribution is -2.54. The Bertz CT molecular complexity index is 921. The Hall–Kier alpha value is -2.28. The molecule has 1 aromatic rings. The highest BCUT2D eigenvalue weighted by Crippen LogP contribution is 2.61. The van der Waals surface area contributed by atoms with Crippen molar-refractivity contribution >= 4 is 5.91 Å². The molecule has 32 heavy (non-hydrogen) atoms. The number of aryl methyl sites for hydroxylation is 2. The third-order valence-electron chi connectivity index (χ3n) is 9.07.